The maximum Gasteiger partial charge on any atom is 0.123 e. The Morgan fingerprint density at radius 1 is 1.00 bits per heavy atom. The number of nitrogens with zero attached hydrogens (tertiary/aromatic N) is 1. The molecule has 94 valence electrons. The second-order valence-electron chi connectivity index (χ2n) is 4.39. The largest absolute Gasteiger partial charge is 0.399 e. The molecule has 0 saturated carbocycles. The van der Waals surface area contributed by atoms with Crippen LogP contribution in [0.1, 0.15) is 5.56 Å². The summed E-state index contributed by atoms with van der Waals surface area (Å²) in [5.74, 6) is -0.189. The predicted molar refractivity (Wildman–Crippen MR) is 74.2 cm³/mol. The van der Waals surface area contributed by atoms with Gasteiger partial charge in [-0.1, -0.05) is 12.1 Å². The van der Waals surface area contributed by atoms with Crippen LogP contribution in [0, 0.1) is 5.82 Å². The van der Waals surface area contributed by atoms with Crippen molar-refractivity contribution < 1.29 is 4.39 Å². The van der Waals surface area contributed by atoms with E-state index in [4.69, 9.17) is 5.73 Å². The Bertz CT molecular complexity index is 491. The SMILES string of the molecule is CN(CCc1ccc(F)cc1)c1ccc(N)cc1. The summed E-state index contributed by atoms with van der Waals surface area (Å²) in [4.78, 5) is 2.16. The molecule has 0 spiro atoms. The molecule has 0 amide bonds. The third kappa shape index (κ3) is 3.23. The zero-order valence-corrected chi connectivity index (χ0v) is 10.4. The van der Waals surface area contributed by atoms with Crippen molar-refractivity contribution in [3.05, 3.63) is 59.9 Å². The fourth-order valence-electron chi connectivity index (χ4n) is 1.81. The molecule has 2 aromatic carbocycles. The quantitative estimate of drug-likeness (QED) is 0.837. The first kappa shape index (κ1) is 12.4. The van der Waals surface area contributed by atoms with Crippen molar-refractivity contribution in [1.82, 2.24) is 0 Å². The van der Waals surface area contributed by atoms with Crippen molar-refractivity contribution in [1.29, 1.82) is 0 Å². The molecular weight excluding hydrogens is 227 g/mol. The van der Waals surface area contributed by atoms with Crippen LogP contribution in [0.5, 0.6) is 0 Å². The summed E-state index contributed by atoms with van der Waals surface area (Å²) in [5.41, 5.74) is 8.69. The van der Waals surface area contributed by atoms with Crippen LogP contribution in [-0.2, 0) is 6.42 Å². The number of likely N-dealkylation sites (N-methyl/N-ethyl adjacent to an activating group) is 1. The van der Waals surface area contributed by atoms with Crippen LogP contribution in [0.4, 0.5) is 15.8 Å². The minimum Gasteiger partial charge on any atom is -0.399 e. The number of hydrogen-bond donors (Lipinski definition) is 1. The Labute approximate surface area is 107 Å². The van der Waals surface area contributed by atoms with E-state index in [2.05, 4.69) is 4.90 Å². The average molecular weight is 244 g/mol. The van der Waals surface area contributed by atoms with E-state index in [-0.39, 0.29) is 5.82 Å². The van der Waals surface area contributed by atoms with Gasteiger partial charge in [-0.05, 0) is 48.4 Å². The van der Waals surface area contributed by atoms with Crippen molar-refractivity contribution in [3.63, 3.8) is 0 Å². The lowest BCUT2D eigenvalue weighted by Crippen LogP contribution is -2.20. The summed E-state index contributed by atoms with van der Waals surface area (Å²) in [7, 11) is 2.04. The van der Waals surface area contributed by atoms with Gasteiger partial charge in [-0.25, -0.2) is 4.39 Å². The summed E-state index contributed by atoms with van der Waals surface area (Å²) in [6.07, 6.45) is 0.890. The Kier molecular flexibility index (Phi) is 3.82. The Balaban J connectivity index is 1.93. The number of halogens is 1. The van der Waals surface area contributed by atoms with Crippen molar-refractivity contribution in [2.45, 2.75) is 6.42 Å². The fourth-order valence-corrected chi connectivity index (χ4v) is 1.81. The summed E-state index contributed by atoms with van der Waals surface area (Å²) in [6, 6.07) is 14.4. The summed E-state index contributed by atoms with van der Waals surface area (Å²) < 4.78 is 12.8. The van der Waals surface area contributed by atoms with Crippen LogP contribution in [0.3, 0.4) is 0 Å². The van der Waals surface area contributed by atoms with Gasteiger partial charge >= 0.3 is 0 Å². The lowest BCUT2D eigenvalue weighted by atomic mass is 10.1. The minimum absolute atomic E-state index is 0.189. The fraction of sp³-hybridized carbons (Fsp3) is 0.200. The van der Waals surface area contributed by atoms with Crippen molar-refractivity contribution in [3.8, 4) is 0 Å². The Morgan fingerprint density at radius 3 is 2.22 bits per heavy atom. The molecule has 0 fully saturated rings. The van der Waals surface area contributed by atoms with Crippen LogP contribution in [0.15, 0.2) is 48.5 Å². The monoisotopic (exact) mass is 244 g/mol. The van der Waals surface area contributed by atoms with Gasteiger partial charge < -0.3 is 10.6 Å². The summed E-state index contributed by atoms with van der Waals surface area (Å²) >= 11 is 0. The number of nitrogens with two attached hydrogens (primary N) is 1. The van der Waals surface area contributed by atoms with E-state index in [1.807, 2.05) is 43.4 Å². The first-order chi connectivity index (χ1) is 8.65. The zero-order chi connectivity index (χ0) is 13.0. The molecule has 2 nitrogen and oxygen atoms in total. The number of nitrogen functional groups attached to an aromatic ring is 1. The highest BCUT2D eigenvalue weighted by atomic mass is 19.1. The normalized spacial score (nSPS) is 10.3. The molecule has 2 N–H and O–H groups in total. The van der Waals surface area contributed by atoms with Crippen LogP contribution < -0.4 is 10.6 Å². The smallest absolute Gasteiger partial charge is 0.123 e. The number of hydrogen-bond acceptors (Lipinski definition) is 2. The van der Waals surface area contributed by atoms with Crippen LogP contribution >= 0.6 is 0 Å². The molecule has 18 heavy (non-hydrogen) atoms. The first-order valence-corrected chi connectivity index (χ1v) is 5.96. The predicted octanol–water partition coefficient (Wildman–Crippen LogP) is 3.09. The van der Waals surface area contributed by atoms with Gasteiger partial charge in [0, 0.05) is 25.0 Å². The van der Waals surface area contributed by atoms with Crippen molar-refractivity contribution >= 4 is 11.4 Å². The topological polar surface area (TPSA) is 29.3 Å². The van der Waals surface area contributed by atoms with Gasteiger partial charge in [0.15, 0.2) is 0 Å². The molecule has 0 aliphatic heterocycles. The van der Waals surface area contributed by atoms with Gasteiger partial charge in [0.25, 0.3) is 0 Å². The van der Waals surface area contributed by atoms with Gasteiger partial charge in [0.2, 0.25) is 0 Å². The first-order valence-electron chi connectivity index (χ1n) is 5.96. The molecular formula is C15H17FN2. The molecule has 0 unspecified atom stereocenters. The van der Waals surface area contributed by atoms with Crippen molar-refractivity contribution in [2.75, 3.05) is 24.2 Å². The zero-order valence-electron chi connectivity index (χ0n) is 10.4. The molecule has 0 bridgehead atoms. The molecule has 0 saturated heterocycles. The highest BCUT2D eigenvalue weighted by Crippen LogP contribution is 2.15. The second kappa shape index (κ2) is 5.54. The number of benzene rings is 2. The van der Waals surface area contributed by atoms with Gasteiger partial charge in [0.1, 0.15) is 5.82 Å². The van der Waals surface area contributed by atoms with Crippen molar-refractivity contribution in [2.24, 2.45) is 0 Å². The molecule has 0 heterocycles. The molecule has 0 aliphatic rings. The van der Waals surface area contributed by atoms with Crippen LogP contribution in [0.25, 0.3) is 0 Å². The van der Waals surface area contributed by atoms with Gasteiger partial charge in [-0.2, -0.15) is 0 Å². The van der Waals surface area contributed by atoms with E-state index in [9.17, 15) is 4.39 Å². The van der Waals surface area contributed by atoms with E-state index < -0.39 is 0 Å². The van der Waals surface area contributed by atoms with Crippen LogP contribution in [0.2, 0.25) is 0 Å². The highest BCUT2D eigenvalue weighted by Gasteiger charge is 2.01. The second-order valence-corrected chi connectivity index (χ2v) is 4.39. The summed E-state index contributed by atoms with van der Waals surface area (Å²) in [5, 5.41) is 0. The van der Waals surface area contributed by atoms with E-state index in [0.717, 1.165) is 29.9 Å². The molecule has 0 radical (unpaired) electrons. The maximum atomic E-state index is 12.8. The standard InChI is InChI=1S/C15H17FN2/c1-18(15-8-6-14(17)7-9-15)11-10-12-2-4-13(16)5-3-12/h2-9H,10-11,17H2,1H3. The third-order valence-corrected chi connectivity index (χ3v) is 2.98. The van der Waals surface area contributed by atoms with Gasteiger partial charge in [-0.15, -0.1) is 0 Å². The lowest BCUT2D eigenvalue weighted by molar-refractivity contribution is 0.627. The molecule has 0 aliphatic carbocycles. The number of anilines is 2. The molecule has 0 atom stereocenters. The number of rotatable bonds is 4. The van der Waals surface area contributed by atoms with Gasteiger partial charge in [-0.3, -0.25) is 0 Å². The minimum atomic E-state index is -0.189. The average Bonchev–Trinajstić information content (AvgIpc) is 2.38. The van der Waals surface area contributed by atoms with E-state index >= 15 is 0 Å². The highest BCUT2D eigenvalue weighted by molar-refractivity contribution is 5.52. The molecule has 3 heteroatoms. The molecule has 2 rings (SSSR count). The Hall–Kier alpha value is -2.03. The lowest BCUT2D eigenvalue weighted by Gasteiger charge is -2.19. The van der Waals surface area contributed by atoms with Gasteiger partial charge in [0.05, 0.1) is 0 Å². The maximum absolute atomic E-state index is 12.8. The van der Waals surface area contributed by atoms with E-state index in [1.54, 1.807) is 0 Å². The molecule has 0 aromatic heterocycles. The van der Waals surface area contributed by atoms with E-state index in [1.165, 1.54) is 12.1 Å². The van der Waals surface area contributed by atoms with E-state index in [0.29, 0.717) is 0 Å². The molecule has 2 aromatic rings. The summed E-state index contributed by atoms with van der Waals surface area (Å²) in [6.45, 7) is 0.884. The third-order valence-electron chi connectivity index (χ3n) is 2.98. The van der Waals surface area contributed by atoms with Crippen LogP contribution in [-0.4, -0.2) is 13.6 Å². The Morgan fingerprint density at radius 2 is 1.61 bits per heavy atom.